The van der Waals surface area contributed by atoms with Crippen LogP contribution in [0, 0.1) is 0 Å². The third-order valence-electron chi connectivity index (χ3n) is 8.11. The van der Waals surface area contributed by atoms with Gasteiger partial charge < -0.3 is 20.1 Å². The number of rotatable bonds is 5. The van der Waals surface area contributed by atoms with Gasteiger partial charge in [0, 0.05) is 24.5 Å². The molecule has 0 spiro atoms. The predicted octanol–water partition coefficient (Wildman–Crippen LogP) is 6.81. The Morgan fingerprint density at radius 3 is 1.23 bits per heavy atom. The van der Waals surface area contributed by atoms with Crippen molar-refractivity contribution in [3.63, 3.8) is 0 Å². The molecule has 2 aliphatic rings. The normalized spacial score (nSPS) is 22.0. The van der Waals surface area contributed by atoms with Crippen molar-refractivity contribution in [3.05, 3.63) is 48.5 Å². The van der Waals surface area contributed by atoms with E-state index < -0.39 is 34.5 Å². The highest BCUT2D eigenvalue weighted by Crippen LogP contribution is 2.34. The first kappa shape index (κ1) is 32.8. The van der Waals surface area contributed by atoms with Crippen LogP contribution in [0.2, 0.25) is 0 Å². The molecule has 4 amide bonds. The average Bonchev–Trinajstić information content (AvgIpc) is 3.52. The van der Waals surface area contributed by atoms with Crippen molar-refractivity contribution in [2.75, 3.05) is 23.7 Å². The first-order valence-electron chi connectivity index (χ1n) is 15.3. The quantitative estimate of drug-likeness (QED) is 0.386. The van der Waals surface area contributed by atoms with Crippen LogP contribution in [-0.2, 0) is 19.1 Å². The number of benzene rings is 2. The van der Waals surface area contributed by atoms with Crippen LogP contribution in [0.4, 0.5) is 21.0 Å². The fourth-order valence-corrected chi connectivity index (χ4v) is 5.64. The van der Waals surface area contributed by atoms with Gasteiger partial charge in [0.1, 0.15) is 22.3 Å². The molecule has 2 atom stereocenters. The number of likely N-dealkylation sites (tertiary alicyclic amines) is 2. The van der Waals surface area contributed by atoms with Crippen LogP contribution in [0.1, 0.15) is 81.1 Å². The summed E-state index contributed by atoms with van der Waals surface area (Å²) in [6.07, 6.45) is 1.58. The second kappa shape index (κ2) is 12.1. The molecule has 2 heterocycles. The van der Waals surface area contributed by atoms with E-state index in [1.807, 2.05) is 90.1 Å². The van der Waals surface area contributed by atoms with Gasteiger partial charge in [-0.3, -0.25) is 19.4 Å². The van der Waals surface area contributed by atoms with Gasteiger partial charge in [-0.15, -0.1) is 0 Å². The third-order valence-corrected chi connectivity index (χ3v) is 8.11. The number of nitrogens with zero attached hydrogens (tertiary/aromatic N) is 2. The zero-order valence-corrected chi connectivity index (χ0v) is 27.2. The van der Waals surface area contributed by atoms with Crippen molar-refractivity contribution >= 4 is 35.4 Å². The fourth-order valence-electron chi connectivity index (χ4n) is 5.64. The molecule has 2 saturated heterocycles. The second-order valence-corrected chi connectivity index (χ2v) is 14.1. The maximum atomic E-state index is 13.3. The van der Waals surface area contributed by atoms with E-state index in [2.05, 4.69) is 10.6 Å². The Kier molecular flexibility index (Phi) is 9.05. The number of nitrogens with one attached hydrogen (secondary N) is 2. The van der Waals surface area contributed by atoms with Crippen LogP contribution in [-0.4, -0.2) is 69.2 Å². The molecule has 2 aromatic rings. The van der Waals surface area contributed by atoms with Crippen LogP contribution < -0.4 is 10.6 Å². The molecular weight excluding hydrogens is 560 g/mol. The lowest BCUT2D eigenvalue weighted by atomic mass is 9.97. The summed E-state index contributed by atoms with van der Waals surface area (Å²) >= 11 is 0. The van der Waals surface area contributed by atoms with E-state index in [-0.39, 0.29) is 11.8 Å². The number of hydrogen-bond acceptors (Lipinski definition) is 6. The summed E-state index contributed by atoms with van der Waals surface area (Å²) in [6, 6.07) is 14.9. The highest BCUT2D eigenvalue weighted by Gasteiger charge is 2.48. The monoisotopic (exact) mass is 606 g/mol. The van der Waals surface area contributed by atoms with E-state index in [9.17, 15) is 19.2 Å². The summed E-state index contributed by atoms with van der Waals surface area (Å²) in [6.45, 7) is 15.3. The first-order valence-corrected chi connectivity index (χ1v) is 15.3. The lowest BCUT2D eigenvalue weighted by molar-refractivity contribution is -0.126. The van der Waals surface area contributed by atoms with Crippen LogP contribution in [0.25, 0.3) is 11.1 Å². The smallest absolute Gasteiger partial charge is 0.411 e. The molecule has 0 aliphatic carbocycles. The summed E-state index contributed by atoms with van der Waals surface area (Å²) in [4.78, 5) is 55.2. The van der Waals surface area contributed by atoms with Crippen molar-refractivity contribution in [2.24, 2.45) is 0 Å². The number of anilines is 2. The number of ether oxygens (including phenoxy) is 2. The van der Waals surface area contributed by atoms with E-state index in [4.69, 9.17) is 9.47 Å². The number of carbonyl (C=O) groups excluding carboxylic acids is 4. The molecule has 0 unspecified atom stereocenters. The van der Waals surface area contributed by atoms with Gasteiger partial charge in [-0.05, 0) is 116 Å². The van der Waals surface area contributed by atoms with Crippen molar-refractivity contribution in [1.82, 2.24) is 9.80 Å². The highest BCUT2D eigenvalue weighted by atomic mass is 16.6. The van der Waals surface area contributed by atoms with Gasteiger partial charge in [0.15, 0.2) is 0 Å². The standard InChI is InChI=1S/C34H46N4O6/c1-31(2,3)43-29(41)37-21-9-19-33(37,7)27(39)35-25-15-11-23(12-16-25)24-13-17-26(18-14-24)36-28(40)34(8)20-10-22-38(34)30(42)44-32(4,5)6/h11-18H,9-10,19-22H2,1-8H3,(H,35,39)(H,36,40)/t33-,34-/m0/s1. The maximum Gasteiger partial charge on any atom is 0.411 e. The molecule has 4 rings (SSSR count). The van der Waals surface area contributed by atoms with Gasteiger partial charge in [0.25, 0.3) is 0 Å². The molecule has 10 heteroatoms. The SMILES string of the molecule is CC(C)(C)OC(=O)N1CCC[C@@]1(C)C(=O)Nc1ccc(-c2ccc(NC(=O)[C@]3(C)CCCN3C(=O)OC(C)(C)C)cc2)cc1. The van der Waals surface area contributed by atoms with Crippen molar-refractivity contribution in [3.8, 4) is 11.1 Å². The molecule has 10 nitrogen and oxygen atoms in total. The molecule has 0 bridgehead atoms. The minimum Gasteiger partial charge on any atom is -0.444 e. The zero-order chi connectivity index (χ0) is 32.5. The number of hydrogen-bond donors (Lipinski definition) is 2. The minimum atomic E-state index is -0.999. The summed E-state index contributed by atoms with van der Waals surface area (Å²) in [7, 11) is 0. The summed E-state index contributed by atoms with van der Waals surface area (Å²) in [5.74, 6) is -0.509. The first-order chi connectivity index (χ1) is 20.4. The van der Waals surface area contributed by atoms with Crippen molar-refractivity contribution in [1.29, 1.82) is 0 Å². The molecular formula is C34H46N4O6. The summed E-state index contributed by atoms with van der Waals surface area (Å²) < 4.78 is 11.1. The number of carbonyl (C=O) groups is 4. The average molecular weight is 607 g/mol. The van der Waals surface area contributed by atoms with Gasteiger partial charge >= 0.3 is 12.2 Å². The molecule has 0 aromatic heterocycles. The highest BCUT2D eigenvalue weighted by molar-refractivity contribution is 6.01. The zero-order valence-electron chi connectivity index (χ0n) is 27.2. The van der Waals surface area contributed by atoms with Crippen LogP contribution >= 0.6 is 0 Å². The Bertz CT molecular complexity index is 1290. The molecule has 2 N–H and O–H groups in total. The van der Waals surface area contributed by atoms with E-state index >= 15 is 0 Å². The summed E-state index contributed by atoms with van der Waals surface area (Å²) in [5.41, 5.74) is -0.175. The Morgan fingerprint density at radius 1 is 0.614 bits per heavy atom. The van der Waals surface area contributed by atoms with Gasteiger partial charge in [-0.1, -0.05) is 24.3 Å². The van der Waals surface area contributed by atoms with E-state index in [0.717, 1.165) is 24.0 Å². The largest absolute Gasteiger partial charge is 0.444 e. The Morgan fingerprint density at radius 2 is 0.932 bits per heavy atom. The molecule has 44 heavy (non-hydrogen) atoms. The molecule has 2 aromatic carbocycles. The van der Waals surface area contributed by atoms with E-state index in [1.54, 1.807) is 13.8 Å². The Balaban J connectivity index is 1.38. The Labute approximate surface area is 260 Å². The van der Waals surface area contributed by atoms with Crippen LogP contribution in [0.3, 0.4) is 0 Å². The fraction of sp³-hybridized carbons (Fsp3) is 0.529. The molecule has 238 valence electrons. The van der Waals surface area contributed by atoms with Gasteiger partial charge in [0.05, 0.1) is 0 Å². The minimum absolute atomic E-state index is 0.255. The molecule has 2 fully saturated rings. The van der Waals surface area contributed by atoms with Gasteiger partial charge in [0.2, 0.25) is 11.8 Å². The van der Waals surface area contributed by atoms with Crippen LogP contribution in [0.15, 0.2) is 48.5 Å². The summed E-state index contributed by atoms with van der Waals surface area (Å²) in [5, 5.41) is 5.93. The number of amides is 4. The maximum absolute atomic E-state index is 13.3. The van der Waals surface area contributed by atoms with Crippen molar-refractivity contribution in [2.45, 2.75) is 103 Å². The van der Waals surface area contributed by atoms with E-state index in [1.165, 1.54) is 9.80 Å². The van der Waals surface area contributed by atoms with Crippen molar-refractivity contribution < 1.29 is 28.7 Å². The Hall–Kier alpha value is -4.08. The lowest BCUT2D eigenvalue weighted by Crippen LogP contribution is -2.54. The van der Waals surface area contributed by atoms with Gasteiger partial charge in [-0.2, -0.15) is 0 Å². The van der Waals surface area contributed by atoms with Crippen LogP contribution in [0.5, 0.6) is 0 Å². The lowest BCUT2D eigenvalue weighted by Gasteiger charge is -2.35. The predicted molar refractivity (Wildman–Crippen MR) is 170 cm³/mol. The third kappa shape index (κ3) is 7.34. The second-order valence-electron chi connectivity index (χ2n) is 14.1. The molecule has 0 radical (unpaired) electrons. The van der Waals surface area contributed by atoms with Gasteiger partial charge in [-0.25, -0.2) is 9.59 Å². The molecule has 2 aliphatic heterocycles. The van der Waals surface area contributed by atoms with E-state index in [0.29, 0.717) is 37.3 Å². The topological polar surface area (TPSA) is 117 Å². The molecule has 0 saturated carbocycles.